The number of rotatable bonds is 7. The van der Waals surface area contributed by atoms with Crippen molar-refractivity contribution in [3.8, 4) is 5.75 Å². The van der Waals surface area contributed by atoms with Crippen LogP contribution in [0.3, 0.4) is 0 Å². The summed E-state index contributed by atoms with van der Waals surface area (Å²) in [6, 6.07) is 14.7. The highest BCUT2D eigenvalue weighted by Gasteiger charge is 2.19. The highest BCUT2D eigenvalue weighted by Crippen LogP contribution is 2.28. The monoisotopic (exact) mass is 452 g/mol. The highest BCUT2D eigenvalue weighted by atomic mass is 19.1. The van der Waals surface area contributed by atoms with E-state index in [2.05, 4.69) is 10.3 Å². The van der Waals surface area contributed by atoms with Gasteiger partial charge in [0.25, 0.3) is 5.91 Å². The Balaban J connectivity index is 1.60. The number of pyridine rings is 1. The van der Waals surface area contributed by atoms with Gasteiger partial charge < -0.3 is 15.2 Å². The maximum atomic E-state index is 13.9. The summed E-state index contributed by atoms with van der Waals surface area (Å²) in [6.45, 7) is -0.740. The van der Waals surface area contributed by atoms with E-state index in [-0.39, 0.29) is 30.1 Å². The molecule has 2 N–H and O–H groups in total. The van der Waals surface area contributed by atoms with Crippen LogP contribution in [0.25, 0.3) is 10.9 Å². The van der Waals surface area contributed by atoms with Gasteiger partial charge in [0.05, 0.1) is 23.8 Å². The van der Waals surface area contributed by atoms with Crippen LogP contribution in [0.15, 0.2) is 72.9 Å². The molecule has 0 saturated carbocycles. The zero-order chi connectivity index (χ0) is 23.4. The van der Waals surface area contributed by atoms with Crippen LogP contribution in [0.4, 0.5) is 13.2 Å². The molecule has 5 nitrogen and oxygen atoms in total. The molecule has 8 heteroatoms. The van der Waals surface area contributed by atoms with Gasteiger partial charge in [0.1, 0.15) is 35.3 Å². The van der Waals surface area contributed by atoms with E-state index >= 15 is 0 Å². The van der Waals surface area contributed by atoms with Crippen LogP contribution in [0, 0.1) is 17.5 Å². The fourth-order valence-electron chi connectivity index (χ4n) is 3.45. The largest absolute Gasteiger partial charge is 0.486 e. The van der Waals surface area contributed by atoms with E-state index in [1.54, 1.807) is 18.2 Å². The number of ether oxygens (including phenoxy) is 1. The topological polar surface area (TPSA) is 71.5 Å². The molecule has 33 heavy (non-hydrogen) atoms. The Morgan fingerprint density at radius 1 is 0.970 bits per heavy atom. The van der Waals surface area contributed by atoms with Crippen LogP contribution in [0.1, 0.15) is 27.5 Å². The number of aliphatic hydroxyl groups is 1. The Hall–Kier alpha value is -3.91. The third-order valence-electron chi connectivity index (χ3n) is 5.17. The lowest BCUT2D eigenvalue weighted by atomic mass is 10.0. The zero-order valence-electron chi connectivity index (χ0n) is 17.3. The van der Waals surface area contributed by atoms with Gasteiger partial charge in [0.2, 0.25) is 0 Å². The summed E-state index contributed by atoms with van der Waals surface area (Å²) in [5.74, 6) is -2.10. The van der Waals surface area contributed by atoms with Crippen molar-refractivity contribution in [3.63, 3.8) is 0 Å². The fourth-order valence-corrected chi connectivity index (χ4v) is 3.45. The number of benzene rings is 3. The highest BCUT2D eigenvalue weighted by molar-refractivity contribution is 6.07. The van der Waals surface area contributed by atoms with Crippen LogP contribution in [0.2, 0.25) is 0 Å². The van der Waals surface area contributed by atoms with E-state index in [1.807, 2.05) is 0 Å². The first-order valence-corrected chi connectivity index (χ1v) is 10.1. The number of carbonyl (C=O) groups is 1. The third-order valence-corrected chi connectivity index (χ3v) is 5.17. The molecule has 3 aromatic carbocycles. The van der Waals surface area contributed by atoms with E-state index in [0.29, 0.717) is 16.5 Å². The fraction of sp³-hybridized carbons (Fsp3) is 0.120. The molecule has 0 aliphatic heterocycles. The standard InChI is InChI=1S/C25H19F3N2O3/c26-16-9-7-15(8-10-16)22(13-31)30-25(32)18-11-12-29-24-17(18)3-1-6-23(24)33-14-19-20(27)4-2-5-21(19)28/h1-12,22,31H,13-14H2,(H,30,32). The molecule has 0 aliphatic rings. The van der Waals surface area contributed by atoms with Gasteiger partial charge in [0, 0.05) is 11.6 Å². The molecule has 1 amide bonds. The Morgan fingerprint density at radius 3 is 2.36 bits per heavy atom. The first-order valence-electron chi connectivity index (χ1n) is 10.1. The number of hydrogen-bond acceptors (Lipinski definition) is 4. The van der Waals surface area contributed by atoms with Crippen molar-refractivity contribution in [1.29, 1.82) is 0 Å². The van der Waals surface area contributed by atoms with Gasteiger partial charge >= 0.3 is 0 Å². The second-order valence-corrected chi connectivity index (χ2v) is 7.26. The van der Waals surface area contributed by atoms with E-state index in [4.69, 9.17) is 4.74 Å². The van der Waals surface area contributed by atoms with Gasteiger partial charge in [-0.2, -0.15) is 0 Å². The van der Waals surface area contributed by atoms with Crippen LogP contribution in [-0.2, 0) is 6.61 Å². The smallest absolute Gasteiger partial charge is 0.252 e. The first kappa shape index (κ1) is 22.3. The second-order valence-electron chi connectivity index (χ2n) is 7.26. The van der Waals surface area contributed by atoms with Crippen molar-refractivity contribution in [2.45, 2.75) is 12.6 Å². The predicted octanol–water partition coefficient (Wildman–Crippen LogP) is 4.69. The predicted molar refractivity (Wildman–Crippen MR) is 116 cm³/mol. The molecule has 1 aromatic heterocycles. The molecule has 0 bridgehead atoms. The minimum Gasteiger partial charge on any atom is -0.486 e. The van der Waals surface area contributed by atoms with Crippen molar-refractivity contribution >= 4 is 16.8 Å². The molecule has 4 aromatic rings. The molecule has 168 valence electrons. The number of nitrogens with one attached hydrogen (secondary N) is 1. The number of halogens is 3. The molecule has 0 radical (unpaired) electrons. The SMILES string of the molecule is O=C(NC(CO)c1ccc(F)cc1)c1ccnc2c(OCc3c(F)cccc3F)cccc12. The lowest BCUT2D eigenvalue weighted by molar-refractivity contribution is 0.0918. The number of fused-ring (bicyclic) bond motifs is 1. The number of aromatic nitrogens is 1. The van der Waals surface area contributed by atoms with E-state index in [0.717, 1.165) is 12.1 Å². The zero-order valence-corrected chi connectivity index (χ0v) is 17.3. The van der Waals surface area contributed by atoms with Gasteiger partial charge in [-0.25, -0.2) is 13.2 Å². The van der Waals surface area contributed by atoms with Crippen LogP contribution in [-0.4, -0.2) is 22.6 Å². The number of carbonyl (C=O) groups excluding carboxylic acids is 1. The first-order chi connectivity index (χ1) is 16.0. The summed E-state index contributed by atoms with van der Waals surface area (Å²) in [4.78, 5) is 17.2. The van der Waals surface area contributed by atoms with Gasteiger partial charge in [-0.3, -0.25) is 9.78 Å². The summed E-state index contributed by atoms with van der Waals surface area (Å²) < 4.78 is 46.7. The molecule has 0 saturated heterocycles. The minimum atomic E-state index is -0.746. The molecule has 0 fully saturated rings. The van der Waals surface area contributed by atoms with Crippen molar-refractivity contribution in [3.05, 3.63) is 107 Å². The summed E-state index contributed by atoms with van der Waals surface area (Å²) in [7, 11) is 0. The maximum absolute atomic E-state index is 13.9. The molecule has 1 unspecified atom stereocenters. The Kier molecular flexibility index (Phi) is 6.55. The Bertz CT molecular complexity index is 1280. The number of aliphatic hydroxyl groups excluding tert-OH is 1. The van der Waals surface area contributed by atoms with Crippen molar-refractivity contribution in [1.82, 2.24) is 10.3 Å². The van der Waals surface area contributed by atoms with Gasteiger partial charge in [0.15, 0.2) is 0 Å². The van der Waals surface area contributed by atoms with Crippen molar-refractivity contribution in [2.24, 2.45) is 0 Å². The van der Waals surface area contributed by atoms with E-state index in [9.17, 15) is 23.1 Å². The van der Waals surface area contributed by atoms with Crippen LogP contribution in [0.5, 0.6) is 5.75 Å². The molecule has 1 atom stereocenters. The normalized spacial score (nSPS) is 11.9. The quantitative estimate of drug-likeness (QED) is 0.427. The second kappa shape index (κ2) is 9.70. The van der Waals surface area contributed by atoms with E-state index in [1.165, 1.54) is 42.6 Å². The summed E-state index contributed by atoms with van der Waals surface area (Å²) in [5, 5.41) is 12.9. The summed E-state index contributed by atoms with van der Waals surface area (Å²) in [6.07, 6.45) is 1.42. The maximum Gasteiger partial charge on any atom is 0.252 e. The number of para-hydroxylation sites is 1. The van der Waals surface area contributed by atoms with Gasteiger partial charge in [-0.15, -0.1) is 0 Å². The van der Waals surface area contributed by atoms with Crippen molar-refractivity contribution < 1.29 is 27.8 Å². The number of nitrogens with zero attached hydrogens (tertiary/aromatic N) is 1. The summed E-state index contributed by atoms with van der Waals surface area (Å²) >= 11 is 0. The lowest BCUT2D eigenvalue weighted by Gasteiger charge is -2.18. The van der Waals surface area contributed by atoms with Gasteiger partial charge in [-0.05, 0) is 42.0 Å². The average Bonchev–Trinajstić information content (AvgIpc) is 2.82. The summed E-state index contributed by atoms with van der Waals surface area (Å²) in [5.41, 5.74) is 0.933. The number of hydrogen-bond donors (Lipinski definition) is 2. The molecule has 1 heterocycles. The molecule has 4 rings (SSSR count). The molecule has 0 spiro atoms. The molecular formula is C25H19F3N2O3. The van der Waals surface area contributed by atoms with Crippen LogP contribution >= 0.6 is 0 Å². The molecule has 0 aliphatic carbocycles. The van der Waals surface area contributed by atoms with E-state index < -0.39 is 29.4 Å². The molecular weight excluding hydrogens is 433 g/mol. The lowest BCUT2D eigenvalue weighted by Crippen LogP contribution is -2.31. The number of amides is 1. The van der Waals surface area contributed by atoms with Crippen LogP contribution < -0.4 is 10.1 Å². The Labute approximate surface area is 187 Å². The third kappa shape index (κ3) is 4.80. The van der Waals surface area contributed by atoms with Gasteiger partial charge in [-0.1, -0.05) is 30.3 Å². The Morgan fingerprint density at radius 2 is 1.67 bits per heavy atom. The van der Waals surface area contributed by atoms with Crippen molar-refractivity contribution in [2.75, 3.05) is 6.61 Å². The minimum absolute atomic E-state index is 0.214. The average molecular weight is 452 g/mol.